The maximum atomic E-state index is 14.0. The minimum absolute atomic E-state index is 0.0233. The van der Waals surface area contributed by atoms with Crippen molar-refractivity contribution in [3.63, 3.8) is 0 Å². The molecule has 31 heavy (non-hydrogen) atoms. The molecule has 0 saturated carbocycles. The van der Waals surface area contributed by atoms with Gasteiger partial charge >= 0.3 is 0 Å². The third-order valence-corrected chi connectivity index (χ3v) is 6.26. The molecular formula is C21H22Cl2FN5OS. The Morgan fingerprint density at radius 3 is 2.35 bits per heavy atom. The molecule has 0 fully saturated rings. The Bertz CT molecular complexity index is 1070. The van der Waals surface area contributed by atoms with Crippen LogP contribution in [-0.2, 0) is 4.79 Å². The Morgan fingerprint density at radius 2 is 1.74 bits per heavy atom. The highest BCUT2D eigenvalue weighted by molar-refractivity contribution is 8.00. The summed E-state index contributed by atoms with van der Waals surface area (Å²) in [5.41, 5.74) is 0.903. The van der Waals surface area contributed by atoms with Crippen molar-refractivity contribution in [2.75, 3.05) is 19.4 Å². The van der Waals surface area contributed by atoms with Crippen molar-refractivity contribution < 1.29 is 9.18 Å². The second-order valence-corrected chi connectivity index (χ2v) is 9.35. The van der Waals surface area contributed by atoms with Crippen LogP contribution >= 0.6 is 35.0 Å². The zero-order chi connectivity index (χ0) is 22.7. The SMILES string of the molecule is C[C@H](Sc1nnc([C@H](C)N(C)C)n1-c1ccc(Cl)cc1)C(=O)Nc1ccc(Cl)cc1F. The van der Waals surface area contributed by atoms with E-state index in [-0.39, 0.29) is 22.7 Å². The van der Waals surface area contributed by atoms with E-state index in [0.717, 1.165) is 17.6 Å². The average Bonchev–Trinajstić information content (AvgIpc) is 3.13. The van der Waals surface area contributed by atoms with Crippen LogP contribution in [0.1, 0.15) is 25.7 Å². The van der Waals surface area contributed by atoms with Crippen LogP contribution in [0, 0.1) is 5.82 Å². The van der Waals surface area contributed by atoms with Gasteiger partial charge in [-0.05, 0) is 70.4 Å². The van der Waals surface area contributed by atoms with Gasteiger partial charge in [0.05, 0.1) is 17.0 Å². The Kier molecular flexibility index (Phi) is 7.59. The van der Waals surface area contributed by atoms with E-state index in [1.165, 1.54) is 23.9 Å². The van der Waals surface area contributed by atoms with Crippen LogP contribution < -0.4 is 5.32 Å². The van der Waals surface area contributed by atoms with Crippen LogP contribution in [0.3, 0.4) is 0 Å². The van der Waals surface area contributed by atoms with E-state index in [0.29, 0.717) is 10.2 Å². The normalized spacial score (nSPS) is 13.3. The summed E-state index contributed by atoms with van der Waals surface area (Å²) < 4.78 is 15.9. The molecule has 3 aromatic rings. The highest BCUT2D eigenvalue weighted by Gasteiger charge is 2.24. The molecule has 0 aliphatic heterocycles. The number of hydrogen-bond donors (Lipinski definition) is 1. The van der Waals surface area contributed by atoms with Crippen molar-refractivity contribution in [1.82, 2.24) is 19.7 Å². The number of halogens is 3. The molecule has 164 valence electrons. The van der Waals surface area contributed by atoms with Gasteiger partial charge in [0.25, 0.3) is 0 Å². The summed E-state index contributed by atoms with van der Waals surface area (Å²) >= 11 is 13.1. The molecule has 0 aliphatic rings. The maximum absolute atomic E-state index is 14.0. The molecule has 0 spiro atoms. The molecule has 6 nitrogen and oxygen atoms in total. The molecule has 0 saturated heterocycles. The number of carbonyl (C=O) groups is 1. The number of nitrogens with one attached hydrogen (secondary N) is 1. The zero-order valence-corrected chi connectivity index (χ0v) is 19.8. The lowest BCUT2D eigenvalue weighted by Crippen LogP contribution is -2.24. The molecule has 0 unspecified atom stereocenters. The van der Waals surface area contributed by atoms with Crippen LogP contribution in [-0.4, -0.2) is 44.9 Å². The minimum Gasteiger partial charge on any atom is -0.323 e. The standard InChI is InChI=1S/C21H22Cl2FN5OS/c1-12(28(3)4)19-26-27-21(29(19)16-8-5-14(22)6-9-16)31-13(2)20(30)25-18-10-7-15(23)11-17(18)24/h5-13H,1-4H3,(H,25,30)/t12-,13-/m0/s1. The molecule has 1 heterocycles. The number of rotatable bonds is 7. The van der Waals surface area contributed by atoms with Crippen LogP contribution in [0.4, 0.5) is 10.1 Å². The van der Waals surface area contributed by atoms with Gasteiger partial charge < -0.3 is 5.32 Å². The van der Waals surface area contributed by atoms with Gasteiger partial charge in [0, 0.05) is 15.7 Å². The van der Waals surface area contributed by atoms with E-state index in [1.807, 2.05) is 42.6 Å². The number of thioether (sulfide) groups is 1. The monoisotopic (exact) mass is 481 g/mol. The number of aromatic nitrogens is 3. The Labute approximate surface area is 194 Å². The zero-order valence-electron chi connectivity index (χ0n) is 17.4. The fourth-order valence-corrected chi connectivity index (χ4v) is 3.89. The highest BCUT2D eigenvalue weighted by Crippen LogP contribution is 2.30. The van der Waals surface area contributed by atoms with Gasteiger partial charge in [-0.1, -0.05) is 35.0 Å². The summed E-state index contributed by atoms with van der Waals surface area (Å²) in [6.45, 7) is 3.74. The number of carbonyl (C=O) groups excluding carboxylic acids is 1. The topological polar surface area (TPSA) is 63.1 Å². The Balaban J connectivity index is 1.87. The van der Waals surface area contributed by atoms with Gasteiger partial charge in [0.1, 0.15) is 5.82 Å². The van der Waals surface area contributed by atoms with Gasteiger partial charge in [-0.15, -0.1) is 10.2 Å². The first-order valence-corrected chi connectivity index (χ1v) is 11.1. The molecule has 0 aliphatic carbocycles. The number of amides is 1. The van der Waals surface area contributed by atoms with Gasteiger partial charge in [0.15, 0.2) is 11.0 Å². The summed E-state index contributed by atoms with van der Waals surface area (Å²) in [5, 5.41) is 12.1. The summed E-state index contributed by atoms with van der Waals surface area (Å²) in [6, 6.07) is 11.4. The maximum Gasteiger partial charge on any atom is 0.237 e. The van der Waals surface area contributed by atoms with Gasteiger partial charge in [0.2, 0.25) is 5.91 Å². The molecule has 2 atom stereocenters. The minimum atomic E-state index is -0.593. The molecule has 0 radical (unpaired) electrons. The third kappa shape index (κ3) is 5.57. The number of benzene rings is 2. The first kappa shape index (κ1) is 23.5. The predicted octanol–water partition coefficient (Wildman–Crippen LogP) is 5.46. The van der Waals surface area contributed by atoms with Gasteiger partial charge in [-0.2, -0.15) is 0 Å². The Hall–Kier alpha value is -2.13. The Morgan fingerprint density at radius 1 is 1.10 bits per heavy atom. The van der Waals surface area contributed by atoms with Crippen molar-refractivity contribution in [1.29, 1.82) is 0 Å². The first-order valence-electron chi connectivity index (χ1n) is 9.47. The summed E-state index contributed by atoms with van der Waals surface area (Å²) in [4.78, 5) is 14.7. The molecule has 1 N–H and O–H groups in total. The highest BCUT2D eigenvalue weighted by atomic mass is 35.5. The smallest absolute Gasteiger partial charge is 0.237 e. The largest absolute Gasteiger partial charge is 0.323 e. The van der Waals surface area contributed by atoms with Crippen molar-refractivity contribution in [2.24, 2.45) is 0 Å². The molecule has 2 aromatic carbocycles. The lowest BCUT2D eigenvalue weighted by atomic mass is 10.2. The first-order chi connectivity index (χ1) is 14.7. The molecule has 10 heteroatoms. The summed E-state index contributed by atoms with van der Waals surface area (Å²) in [5.74, 6) is -0.227. The molecule has 1 aromatic heterocycles. The van der Waals surface area contributed by atoms with Crippen molar-refractivity contribution in [2.45, 2.75) is 30.3 Å². The van der Waals surface area contributed by atoms with E-state index in [4.69, 9.17) is 23.2 Å². The van der Waals surface area contributed by atoms with Gasteiger partial charge in [-0.25, -0.2) is 4.39 Å². The van der Waals surface area contributed by atoms with E-state index >= 15 is 0 Å². The fourth-order valence-electron chi connectivity index (χ4n) is 2.73. The van der Waals surface area contributed by atoms with E-state index in [9.17, 15) is 9.18 Å². The van der Waals surface area contributed by atoms with Crippen molar-refractivity contribution in [3.05, 3.63) is 64.2 Å². The fraction of sp³-hybridized carbons (Fsp3) is 0.286. The average molecular weight is 482 g/mol. The molecule has 1 amide bonds. The molecule has 3 rings (SSSR count). The van der Waals surface area contributed by atoms with Crippen LogP contribution in [0.25, 0.3) is 5.69 Å². The van der Waals surface area contributed by atoms with E-state index in [2.05, 4.69) is 15.5 Å². The quantitative estimate of drug-likeness (QED) is 0.454. The number of nitrogens with zero attached hydrogens (tertiary/aromatic N) is 4. The van der Waals surface area contributed by atoms with E-state index in [1.54, 1.807) is 19.1 Å². The second-order valence-electron chi connectivity index (χ2n) is 7.17. The van der Waals surface area contributed by atoms with Crippen LogP contribution in [0.2, 0.25) is 10.0 Å². The third-order valence-electron chi connectivity index (χ3n) is 4.73. The second kappa shape index (κ2) is 9.99. The van der Waals surface area contributed by atoms with Gasteiger partial charge in [-0.3, -0.25) is 14.3 Å². The number of hydrogen-bond acceptors (Lipinski definition) is 5. The summed E-state index contributed by atoms with van der Waals surface area (Å²) in [6.07, 6.45) is 0. The van der Waals surface area contributed by atoms with Crippen LogP contribution in [0.15, 0.2) is 47.6 Å². The summed E-state index contributed by atoms with van der Waals surface area (Å²) in [7, 11) is 3.91. The van der Waals surface area contributed by atoms with Crippen molar-refractivity contribution >= 4 is 46.6 Å². The lowest BCUT2D eigenvalue weighted by molar-refractivity contribution is -0.115. The predicted molar refractivity (Wildman–Crippen MR) is 124 cm³/mol. The van der Waals surface area contributed by atoms with E-state index < -0.39 is 11.1 Å². The molecular weight excluding hydrogens is 460 g/mol. The number of anilines is 1. The lowest BCUT2D eigenvalue weighted by Gasteiger charge is -2.21. The molecule has 0 bridgehead atoms. The van der Waals surface area contributed by atoms with Crippen molar-refractivity contribution in [3.8, 4) is 5.69 Å². The van der Waals surface area contributed by atoms with Crippen LogP contribution in [0.5, 0.6) is 0 Å².